The molecule has 0 spiro atoms. The number of rotatable bonds is 3. The number of aromatic nitrogens is 1. The molecule has 4 nitrogen and oxygen atoms in total. The lowest BCUT2D eigenvalue weighted by Gasteiger charge is -2.27. The summed E-state index contributed by atoms with van der Waals surface area (Å²) in [4.78, 5) is 0. The van der Waals surface area contributed by atoms with Gasteiger partial charge in [0.25, 0.3) is 0 Å². The quantitative estimate of drug-likeness (QED) is 0.180. The lowest BCUT2D eigenvalue weighted by molar-refractivity contribution is 0.590. The predicted octanol–water partition coefficient (Wildman–Crippen LogP) is 14.9. The molecule has 65 heavy (non-hydrogen) atoms. The first-order valence-electron chi connectivity index (χ1n) is 23.2. The topological polar surface area (TPSA) is 43.2 Å². The molecular formula is C60H51BN2O2. The van der Waals surface area contributed by atoms with Crippen LogP contribution in [0.15, 0.2) is 142 Å². The van der Waals surface area contributed by atoms with E-state index in [0.717, 1.165) is 68.1 Å². The van der Waals surface area contributed by atoms with Crippen LogP contribution in [0.4, 0.5) is 11.4 Å². The summed E-state index contributed by atoms with van der Waals surface area (Å²) in [5.74, 6) is 0. The highest BCUT2D eigenvalue weighted by atomic mass is 16.3. The summed E-state index contributed by atoms with van der Waals surface area (Å²) in [6.07, 6.45) is 0. The van der Waals surface area contributed by atoms with E-state index in [1.807, 2.05) is 0 Å². The minimum Gasteiger partial charge on any atom is -0.456 e. The van der Waals surface area contributed by atoms with Gasteiger partial charge in [0.1, 0.15) is 22.3 Å². The SMILES string of the molecule is Cc1cc(-c2cc3oc4ccc(C(C)(C)C)cc4c3cc2Nc2ccc(C(C)(C)C)cc2)c2c3c1c1cc4c(cc1n3-c1cc3c(cc1B2)-c1ccccc1C3(C)C)oc1ccccc14. The van der Waals surface area contributed by atoms with Crippen molar-refractivity contribution in [2.24, 2.45) is 0 Å². The summed E-state index contributed by atoms with van der Waals surface area (Å²) in [6, 6.07) is 49.9. The predicted molar refractivity (Wildman–Crippen MR) is 277 cm³/mol. The number of nitrogens with zero attached hydrogens (tertiary/aromatic N) is 1. The van der Waals surface area contributed by atoms with E-state index < -0.39 is 0 Å². The van der Waals surface area contributed by atoms with Crippen LogP contribution < -0.4 is 16.2 Å². The fourth-order valence-corrected chi connectivity index (χ4v) is 11.5. The van der Waals surface area contributed by atoms with Gasteiger partial charge in [-0.05, 0) is 122 Å². The van der Waals surface area contributed by atoms with Crippen molar-refractivity contribution >= 4 is 95.3 Å². The molecule has 0 unspecified atom stereocenters. The Bertz CT molecular complexity index is 3880. The van der Waals surface area contributed by atoms with E-state index in [9.17, 15) is 0 Å². The summed E-state index contributed by atoms with van der Waals surface area (Å²) in [6.45, 7) is 20.7. The second kappa shape index (κ2) is 12.8. The van der Waals surface area contributed by atoms with Gasteiger partial charge in [-0.2, -0.15) is 0 Å². The first kappa shape index (κ1) is 38.5. The van der Waals surface area contributed by atoms with Gasteiger partial charge in [0.15, 0.2) is 7.28 Å². The maximum absolute atomic E-state index is 6.80. The van der Waals surface area contributed by atoms with Crippen LogP contribution in [0.25, 0.3) is 93.6 Å². The molecule has 4 heterocycles. The molecule has 0 amide bonds. The number of anilines is 2. The molecule has 2 aliphatic rings. The van der Waals surface area contributed by atoms with Crippen LogP contribution >= 0.6 is 0 Å². The van der Waals surface area contributed by atoms with Crippen LogP contribution in [0.1, 0.15) is 83.2 Å². The zero-order valence-corrected chi connectivity index (χ0v) is 38.7. The Balaban J connectivity index is 1.12. The Hall–Kier alpha value is -6.98. The molecule has 8 aromatic carbocycles. The summed E-state index contributed by atoms with van der Waals surface area (Å²) < 4.78 is 16.0. The molecule has 0 saturated carbocycles. The van der Waals surface area contributed by atoms with Crippen molar-refractivity contribution in [2.75, 3.05) is 5.32 Å². The number of hydrogen-bond donors (Lipinski definition) is 1. The maximum Gasteiger partial charge on any atom is 0.198 e. The molecule has 5 heteroatoms. The van der Waals surface area contributed by atoms with Gasteiger partial charge in [-0.1, -0.05) is 134 Å². The first-order chi connectivity index (χ1) is 31.1. The molecule has 1 aliphatic heterocycles. The highest BCUT2D eigenvalue weighted by Crippen LogP contribution is 2.50. The largest absolute Gasteiger partial charge is 0.456 e. The third kappa shape index (κ3) is 5.45. The van der Waals surface area contributed by atoms with Gasteiger partial charge in [-0.3, -0.25) is 0 Å². The molecule has 0 bridgehead atoms. The molecule has 0 saturated heterocycles. The van der Waals surface area contributed by atoms with E-state index in [1.165, 1.54) is 82.9 Å². The van der Waals surface area contributed by atoms with Crippen LogP contribution in [0.2, 0.25) is 0 Å². The molecule has 11 aromatic rings. The van der Waals surface area contributed by atoms with E-state index in [0.29, 0.717) is 0 Å². The smallest absolute Gasteiger partial charge is 0.198 e. The zero-order valence-electron chi connectivity index (χ0n) is 38.7. The van der Waals surface area contributed by atoms with Gasteiger partial charge in [0, 0.05) is 71.9 Å². The van der Waals surface area contributed by atoms with Crippen LogP contribution in [0.3, 0.4) is 0 Å². The third-order valence-electron chi connectivity index (χ3n) is 15.0. The summed E-state index contributed by atoms with van der Waals surface area (Å²) in [7, 11) is 0.791. The van der Waals surface area contributed by atoms with Crippen molar-refractivity contribution in [3.05, 3.63) is 161 Å². The number of para-hydroxylation sites is 1. The van der Waals surface area contributed by atoms with E-state index in [-0.39, 0.29) is 16.2 Å². The Morgan fingerprint density at radius 3 is 2.00 bits per heavy atom. The van der Waals surface area contributed by atoms with Gasteiger partial charge in [-0.25, -0.2) is 0 Å². The van der Waals surface area contributed by atoms with Crippen molar-refractivity contribution in [2.45, 2.75) is 78.6 Å². The molecule has 316 valence electrons. The van der Waals surface area contributed by atoms with Crippen LogP contribution in [0, 0.1) is 6.92 Å². The van der Waals surface area contributed by atoms with Gasteiger partial charge in [0.05, 0.1) is 5.52 Å². The summed E-state index contributed by atoms with van der Waals surface area (Å²) >= 11 is 0. The standard InChI is InChI=1S/C60H51BN2O2/c1-32-24-43(39-29-53-42(40-25-34(59(5,6)7)20-23-52(40)65-53)28-48(39)62-35-21-18-33(19-22-35)58(2,3)4)56-57-55(32)44-26-41-37-15-11-13-17-51(37)64-54(41)31-49(44)63(57)50-30-46-38(27-47(50)61-56)36-14-10-12-16-45(36)60(46,8)9/h10-31,61-62H,1-9H3. The lowest BCUT2D eigenvalue weighted by Crippen LogP contribution is -2.38. The molecule has 0 atom stereocenters. The second-order valence-corrected chi connectivity index (χ2v) is 21.5. The minimum atomic E-state index is -0.131. The Morgan fingerprint density at radius 2 is 1.22 bits per heavy atom. The first-order valence-corrected chi connectivity index (χ1v) is 23.2. The van der Waals surface area contributed by atoms with E-state index >= 15 is 0 Å². The molecule has 1 N–H and O–H groups in total. The zero-order chi connectivity index (χ0) is 44.5. The van der Waals surface area contributed by atoms with Crippen molar-refractivity contribution in [1.82, 2.24) is 4.57 Å². The van der Waals surface area contributed by atoms with E-state index in [2.05, 4.69) is 206 Å². The Labute approximate surface area is 380 Å². The molecule has 0 radical (unpaired) electrons. The lowest BCUT2D eigenvalue weighted by atomic mass is 9.58. The van der Waals surface area contributed by atoms with Gasteiger partial charge in [-0.15, -0.1) is 0 Å². The maximum atomic E-state index is 6.80. The summed E-state index contributed by atoms with van der Waals surface area (Å²) in [5.41, 5.74) is 23.6. The average Bonchev–Trinajstić information content (AvgIpc) is 3.99. The number of benzene rings is 8. The molecule has 13 rings (SSSR count). The minimum absolute atomic E-state index is 0.00552. The van der Waals surface area contributed by atoms with Gasteiger partial charge < -0.3 is 18.7 Å². The monoisotopic (exact) mass is 842 g/mol. The highest BCUT2D eigenvalue weighted by molar-refractivity contribution is 6.73. The third-order valence-corrected chi connectivity index (χ3v) is 15.0. The van der Waals surface area contributed by atoms with E-state index in [1.54, 1.807) is 0 Å². The van der Waals surface area contributed by atoms with Crippen LogP contribution in [0.5, 0.6) is 0 Å². The number of fused-ring (bicyclic) bond motifs is 14. The number of hydrogen-bond acceptors (Lipinski definition) is 3. The Kier molecular flexibility index (Phi) is 7.61. The fourth-order valence-electron chi connectivity index (χ4n) is 11.5. The molecule has 0 fully saturated rings. The van der Waals surface area contributed by atoms with Crippen LogP contribution in [-0.4, -0.2) is 11.8 Å². The van der Waals surface area contributed by atoms with Gasteiger partial charge >= 0.3 is 0 Å². The highest BCUT2D eigenvalue weighted by Gasteiger charge is 2.38. The van der Waals surface area contributed by atoms with Crippen molar-refractivity contribution in [3.63, 3.8) is 0 Å². The number of furan rings is 2. The van der Waals surface area contributed by atoms with E-state index in [4.69, 9.17) is 8.83 Å². The van der Waals surface area contributed by atoms with Crippen molar-refractivity contribution < 1.29 is 8.83 Å². The van der Waals surface area contributed by atoms with Crippen molar-refractivity contribution in [1.29, 1.82) is 0 Å². The second-order valence-electron chi connectivity index (χ2n) is 21.5. The van der Waals surface area contributed by atoms with Crippen LogP contribution in [-0.2, 0) is 16.2 Å². The number of nitrogens with one attached hydrogen (secondary N) is 1. The molecular weight excluding hydrogens is 791 g/mol. The Morgan fingerprint density at radius 1 is 0.538 bits per heavy atom. The number of aryl methyl sites for hydroxylation is 1. The summed E-state index contributed by atoms with van der Waals surface area (Å²) in [5, 5.41) is 11.1. The molecule has 3 aromatic heterocycles. The van der Waals surface area contributed by atoms with Gasteiger partial charge in [0.2, 0.25) is 0 Å². The van der Waals surface area contributed by atoms with Crippen molar-refractivity contribution in [3.8, 4) is 27.9 Å². The normalized spacial score (nSPS) is 14.2. The molecule has 1 aliphatic carbocycles. The average molecular weight is 843 g/mol. The fraction of sp³-hybridized carbons (Fsp3) is 0.200.